The average Bonchev–Trinajstić information content (AvgIpc) is 4.44. The third kappa shape index (κ3) is 10.8. The van der Waals surface area contributed by atoms with Crippen molar-refractivity contribution in [2.24, 2.45) is 20.7 Å². The first-order valence-electron chi connectivity index (χ1n) is 27.0. The van der Waals surface area contributed by atoms with Gasteiger partial charge >= 0.3 is 0 Å². The van der Waals surface area contributed by atoms with Crippen LogP contribution in [0.2, 0.25) is 0 Å². The minimum Gasteiger partial charge on any atom is -0.497 e. The summed E-state index contributed by atoms with van der Waals surface area (Å²) in [6.45, 7) is 12.6. The molecule has 0 bridgehead atoms. The molecule has 7 aromatic carbocycles. The number of nitrogens with one attached hydrogen (secondary N) is 2. The maximum Gasteiger partial charge on any atom is 0.248 e. The van der Waals surface area contributed by atoms with Crippen molar-refractivity contribution in [2.75, 3.05) is 33.3 Å². The molecule has 2 aromatic heterocycles. The second kappa shape index (κ2) is 22.1. The van der Waals surface area contributed by atoms with Crippen LogP contribution in [0.4, 0.5) is 0 Å². The van der Waals surface area contributed by atoms with Crippen LogP contribution in [0.5, 0.6) is 5.75 Å². The van der Waals surface area contributed by atoms with E-state index in [4.69, 9.17) is 30.4 Å². The standard InChI is InChI=1S/C26H25N5O.C22H23N5.C16H14N2O/c1-32-22-9-8-17-12-19(5-4-18(17)13-22)25-23-14-20(6-7-21(23)15-27-25)26-28-24(29-30-26)16-31-10-2-3-11-31;1-15-4-6-16(7-5-15)21-19-12-17(8-9-18(19)13-23-21)22-24-20(25-26-22)14-27-10-2-3-11-27;1-10-2-4-11(5-3-10)15-14-8-12(16(17)19)6-7-13(14)9-18-15/h4-9,12-14H,2-3,10-11,15-16H2,1H3,(H,28,29,30);4-9,12H,2-3,10-11,13-14H2,1H3,(H,24,25,26);2-8H,9H2,1H3,(H2,17,19). The van der Waals surface area contributed by atoms with Crippen LogP contribution in [0.3, 0.4) is 0 Å². The van der Waals surface area contributed by atoms with Crippen molar-refractivity contribution in [2.45, 2.75) is 72.3 Å². The number of rotatable bonds is 11. The lowest BCUT2D eigenvalue weighted by atomic mass is 9.96. The molecule has 14 nitrogen and oxygen atoms in total. The van der Waals surface area contributed by atoms with E-state index in [9.17, 15) is 4.79 Å². The van der Waals surface area contributed by atoms with Crippen LogP contribution in [0.25, 0.3) is 33.5 Å². The van der Waals surface area contributed by atoms with Crippen LogP contribution in [-0.2, 0) is 32.7 Å². The van der Waals surface area contributed by atoms with Crippen LogP contribution >= 0.6 is 0 Å². The molecule has 5 aliphatic rings. The zero-order valence-electron chi connectivity index (χ0n) is 44.4. The van der Waals surface area contributed by atoms with Gasteiger partial charge in [-0.1, -0.05) is 108 Å². The van der Waals surface area contributed by atoms with Crippen molar-refractivity contribution in [1.82, 2.24) is 40.2 Å². The number of hydrogen-bond acceptors (Lipinski definition) is 11. The van der Waals surface area contributed by atoms with Gasteiger partial charge in [0.25, 0.3) is 0 Å². The molecule has 0 radical (unpaired) electrons. The van der Waals surface area contributed by atoms with Gasteiger partial charge in [0, 0.05) is 50.1 Å². The maximum atomic E-state index is 11.3. The monoisotopic (exact) mass is 1030 g/mol. The molecule has 7 heterocycles. The van der Waals surface area contributed by atoms with Crippen LogP contribution in [0, 0.1) is 13.8 Å². The van der Waals surface area contributed by atoms with Crippen LogP contribution in [0.15, 0.2) is 155 Å². The van der Waals surface area contributed by atoms with Crippen LogP contribution in [-0.4, -0.2) is 96.5 Å². The predicted octanol–water partition coefficient (Wildman–Crippen LogP) is 10.8. The molecule has 0 spiro atoms. The van der Waals surface area contributed by atoms with Gasteiger partial charge in [-0.2, -0.15) is 10.2 Å². The van der Waals surface area contributed by atoms with E-state index in [0.717, 1.165) is 131 Å². The summed E-state index contributed by atoms with van der Waals surface area (Å²) in [4.78, 5) is 39.8. The van der Waals surface area contributed by atoms with Gasteiger partial charge in [0.2, 0.25) is 5.91 Å². The third-order valence-electron chi connectivity index (χ3n) is 15.3. The van der Waals surface area contributed by atoms with E-state index in [-0.39, 0.29) is 0 Å². The Balaban J connectivity index is 0.000000121. The summed E-state index contributed by atoms with van der Waals surface area (Å²) in [5.74, 6) is 3.86. The Labute approximate surface area is 454 Å². The van der Waals surface area contributed by atoms with Crippen molar-refractivity contribution >= 4 is 33.8 Å². The van der Waals surface area contributed by atoms with Crippen molar-refractivity contribution < 1.29 is 9.53 Å². The highest BCUT2D eigenvalue weighted by atomic mass is 16.5. The van der Waals surface area contributed by atoms with E-state index in [0.29, 0.717) is 18.7 Å². The molecule has 14 heteroatoms. The van der Waals surface area contributed by atoms with E-state index < -0.39 is 5.91 Å². The molecule has 390 valence electrons. The molecular formula is C64H62N12O2. The zero-order chi connectivity index (χ0) is 53.1. The minimum atomic E-state index is -0.405. The molecule has 0 aliphatic carbocycles. The maximum absolute atomic E-state index is 11.3. The summed E-state index contributed by atoms with van der Waals surface area (Å²) in [5.41, 5.74) is 23.8. The van der Waals surface area contributed by atoms with E-state index >= 15 is 0 Å². The van der Waals surface area contributed by atoms with Crippen molar-refractivity contribution in [3.63, 3.8) is 0 Å². The lowest BCUT2D eigenvalue weighted by molar-refractivity contribution is 0.1000. The number of likely N-dealkylation sites (tertiary alicyclic amines) is 2. The molecule has 9 aromatic rings. The van der Waals surface area contributed by atoms with E-state index in [1.807, 2.05) is 18.2 Å². The summed E-state index contributed by atoms with van der Waals surface area (Å²) in [5, 5.41) is 17.5. The molecule has 0 atom stereocenters. The number of hydrogen-bond donors (Lipinski definition) is 3. The summed E-state index contributed by atoms with van der Waals surface area (Å²) in [6, 6.07) is 47.9. The highest BCUT2D eigenvalue weighted by Crippen LogP contribution is 2.32. The molecule has 78 heavy (non-hydrogen) atoms. The number of primary amides is 1. The van der Waals surface area contributed by atoms with Gasteiger partial charge in [0.15, 0.2) is 11.6 Å². The Bertz CT molecular complexity index is 3780. The van der Waals surface area contributed by atoms with Crippen LogP contribution < -0.4 is 10.5 Å². The Morgan fingerprint density at radius 3 is 1.41 bits per heavy atom. The molecule has 2 saturated heterocycles. The van der Waals surface area contributed by atoms with Crippen molar-refractivity contribution in [3.8, 4) is 28.5 Å². The Hall–Kier alpha value is -8.72. The number of aliphatic imine (C=N–C) groups is 3. The summed E-state index contributed by atoms with van der Waals surface area (Å²) in [7, 11) is 1.70. The van der Waals surface area contributed by atoms with Gasteiger partial charge in [0.05, 0.1) is 57.0 Å². The number of aryl methyl sites for hydroxylation is 2. The molecule has 0 unspecified atom stereocenters. The van der Waals surface area contributed by atoms with Gasteiger partial charge in [-0.3, -0.25) is 39.8 Å². The number of methoxy groups -OCH3 is 1. The molecule has 14 rings (SSSR count). The minimum absolute atomic E-state index is 0.405. The molecule has 2 fully saturated rings. The molecule has 5 aliphatic heterocycles. The summed E-state index contributed by atoms with van der Waals surface area (Å²) >= 11 is 0. The lowest BCUT2D eigenvalue weighted by Crippen LogP contribution is -2.19. The number of nitrogens with zero attached hydrogens (tertiary/aromatic N) is 9. The van der Waals surface area contributed by atoms with Crippen molar-refractivity contribution in [3.05, 3.63) is 218 Å². The lowest BCUT2D eigenvalue weighted by Gasteiger charge is -2.11. The first-order valence-corrected chi connectivity index (χ1v) is 27.0. The Kier molecular flexibility index (Phi) is 14.2. The Morgan fingerprint density at radius 1 is 0.500 bits per heavy atom. The van der Waals surface area contributed by atoms with Gasteiger partial charge in [-0.05, 0) is 136 Å². The average molecular weight is 1030 g/mol. The quantitative estimate of drug-likeness (QED) is 0.115. The predicted molar refractivity (Wildman–Crippen MR) is 309 cm³/mol. The first-order chi connectivity index (χ1) is 38.2. The number of H-pyrrole nitrogens is 2. The second-order valence-electron chi connectivity index (χ2n) is 20.8. The fourth-order valence-corrected chi connectivity index (χ4v) is 10.9. The fraction of sp³-hybridized carbons (Fsp3) is 0.250. The largest absolute Gasteiger partial charge is 0.497 e. The smallest absolute Gasteiger partial charge is 0.248 e. The molecule has 1 amide bonds. The first kappa shape index (κ1) is 50.1. The Morgan fingerprint density at radius 2 is 0.923 bits per heavy atom. The van der Waals surface area contributed by atoms with Crippen molar-refractivity contribution in [1.29, 1.82) is 0 Å². The molecular weight excluding hydrogens is 969 g/mol. The topological polar surface area (TPSA) is 179 Å². The van der Waals surface area contributed by atoms with E-state index in [2.05, 4.69) is 164 Å². The number of aromatic nitrogens is 6. The molecule has 0 saturated carbocycles. The number of aromatic amines is 2. The number of carbonyl (C=O) groups is 1. The SMILES string of the molecule is COc1ccc2cc(C3=NCc4ccc(-c5n[nH]c(CN6CCCC6)n5)cc43)ccc2c1.Cc1ccc(C2=NCc3ccc(-c4n[nH]c(CN5CCCC5)n4)cc32)cc1.Cc1ccc(C2=NCc3ccc(C(N)=O)cc32)cc1. The summed E-state index contributed by atoms with van der Waals surface area (Å²) < 4.78 is 5.35. The fourth-order valence-electron chi connectivity index (χ4n) is 10.9. The normalized spacial score (nSPS) is 15.4. The van der Waals surface area contributed by atoms with Gasteiger partial charge in [0.1, 0.15) is 17.4 Å². The van der Waals surface area contributed by atoms with Crippen LogP contribution in [0.1, 0.15) is 109 Å². The number of ether oxygens (including phenoxy) is 1. The second-order valence-corrected chi connectivity index (χ2v) is 20.8. The third-order valence-corrected chi connectivity index (χ3v) is 15.3. The summed E-state index contributed by atoms with van der Waals surface area (Å²) in [6.07, 6.45) is 5.12. The van der Waals surface area contributed by atoms with E-state index in [1.165, 1.54) is 70.0 Å². The highest BCUT2D eigenvalue weighted by molar-refractivity contribution is 6.18. The van der Waals surface area contributed by atoms with Gasteiger partial charge in [-0.25, -0.2) is 9.97 Å². The number of nitrogens with two attached hydrogens (primary N) is 1. The zero-order valence-corrected chi connectivity index (χ0v) is 44.4. The van der Waals surface area contributed by atoms with E-state index in [1.54, 1.807) is 13.2 Å². The van der Waals surface area contributed by atoms with Gasteiger partial charge < -0.3 is 10.5 Å². The molecule has 4 N–H and O–H groups in total. The number of amides is 1. The number of carbonyl (C=O) groups excluding carboxylic acids is 1. The number of fused-ring (bicyclic) bond motifs is 4. The van der Waals surface area contributed by atoms with Gasteiger partial charge in [-0.15, -0.1) is 0 Å². The highest BCUT2D eigenvalue weighted by Gasteiger charge is 2.23. The number of benzene rings is 7.